The molecule has 1 rings (SSSR count). The standard InChI is InChI=1S/C13H19F3N2/c1-3-10-6-5-9-18-12(10)11(17-4-2)7-8-13(14,15)16/h5-6,9,11,17H,3-4,7-8H2,1-2H3. The third-order valence-corrected chi connectivity index (χ3v) is 2.80. The Bertz CT molecular complexity index is 363. The molecule has 0 aliphatic heterocycles. The summed E-state index contributed by atoms with van der Waals surface area (Å²) in [5, 5.41) is 3.08. The summed E-state index contributed by atoms with van der Waals surface area (Å²) in [6, 6.07) is 3.41. The summed E-state index contributed by atoms with van der Waals surface area (Å²) in [5.41, 5.74) is 1.75. The van der Waals surface area contributed by atoms with Crippen molar-refractivity contribution in [3.8, 4) is 0 Å². The van der Waals surface area contributed by atoms with Gasteiger partial charge in [-0.25, -0.2) is 0 Å². The van der Waals surface area contributed by atoms with Crippen molar-refractivity contribution in [3.05, 3.63) is 29.6 Å². The fourth-order valence-corrected chi connectivity index (χ4v) is 1.95. The van der Waals surface area contributed by atoms with Crippen LogP contribution in [0.2, 0.25) is 0 Å². The zero-order valence-electron chi connectivity index (χ0n) is 10.7. The molecular formula is C13H19F3N2. The van der Waals surface area contributed by atoms with Crippen LogP contribution in [0.5, 0.6) is 0 Å². The molecule has 1 unspecified atom stereocenters. The van der Waals surface area contributed by atoms with Crippen LogP contribution in [0.1, 0.15) is 44.0 Å². The van der Waals surface area contributed by atoms with E-state index >= 15 is 0 Å². The molecule has 0 bridgehead atoms. The van der Waals surface area contributed by atoms with Crippen molar-refractivity contribution in [2.45, 2.75) is 45.3 Å². The molecule has 102 valence electrons. The second kappa shape index (κ2) is 6.73. The molecule has 0 spiro atoms. The van der Waals surface area contributed by atoms with E-state index in [1.54, 1.807) is 6.20 Å². The Morgan fingerprint density at radius 2 is 2.06 bits per heavy atom. The molecular weight excluding hydrogens is 241 g/mol. The summed E-state index contributed by atoms with van der Waals surface area (Å²) in [6.07, 6.45) is -2.47. The smallest absolute Gasteiger partial charge is 0.309 e. The monoisotopic (exact) mass is 260 g/mol. The highest BCUT2D eigenvalue weighted by Gasteiger charge is 2.29. The van der Waals surface area contributed by atoms with Crippen LogP contribution in [-0.2, 0) is 6.42 Å². The van der Waals surface area contributed by atoms with Crippen LogP contribution in [0.15, 0.2) is 18.3 Å². The van der Waals surface area contributed by atoms with Gasteiger partial charge >= 0.3 is 6.18 Å². The number of nitrogens with zero attached hydrogens (tertiary/aromatic N) is 1. The van der Waals surface area contributed by atoms with Crippen molar-refractivity contribution in [3.63, 3.8) is 0 Å². The molecule has 1 aromatic rings. The van der Waals surface area contributed by atoms with Crippen LogP contribution >= 0.6 is 0 Å². The van der Waals surface area contributed by atoms with Crippen LogP contribution in [-0.4, -0.2) is 17.7 Å². The van der Waals surface area contributed by atoms with E-state index in [9.17, 15) is 13.2 Å². The van der Waals surface area contributed by atoms with Crippen molar-refractivity contribution < 1.29 is 13.2 Å². The van der Waals surface area contributed by atoms with Gasteiger partial charge in [-0.15, -0.1) is 0 Å². The molecule has 0 fully saturated rings. The number of aryl methyl sites for hydroxylation is 1. The van der Waals surface area contributed by atoms with Crippen molar-refractivity contribution in [1.82, 2.24) is 10.3 Å². The number of nitrogens with one attached hydrogen (secondary N) is 1. The van der Waals surface area contributed by atoms with Gasteiger partial charge in [0.25, 0.3) is 0 Å². The number of aromatic nitrogens is 1. The lowest BCUT2D eigenvalue weighted by atomic mass is 10.0. The Hall–Kier alpha value is -1.10. The van der Waals surface area contributed by atoms with Gasteiger partial charge in [0.1, 0.15) is 0 Å². The van der Waals surface area contributed by atoms with E-state index in [0.717, 1.165) is 17.7 Å². The maximum Gasteiger partial charge on any atom is 0.389 e. The molecule has 1 heterocycles. The number of halogens is 3. The van der Waals surface area contributed by atoms with Crippen LogP contribution in [0, 0.1) is 0 Å². The van der Waals surface area contributed by atoms with Gasteiger partial charge in [0.05, 0.1) is 11.7 Å². The fourth-order valence-electron chi connectivity index (χ4n) is 1.95. The largest absolute Gasteiger partial charge is 0.389 e. The molecule has 1 N–H and O–H groups in total. The Balaban J connectivity index is 2.83. The summed E-state index contributed by atoms with van der Waals surface area (Å²) in [5.74, 6) is 0. The quantitative estimate of drug-likeness (QED) is 0.844. The van der Waals surface area contributed by atoms with E-state index in [1.165, 1.54) is 0 Å². The van der Waals surface area contributed by atoms with E-state index in [2.05, 4.69) is 10.3 Å². The van der Waals surface area contributed by atoms with Gasteiger partial charge in [-0.05, 0) is 31.0 Å². The average molecular weight is 260 g/mol. The lowest BCUT2D eigenvalue weighted by Gasteiger charge is -2.20. The predicted molar refractivity (Wildman–Crippen MR) is 65.3 cm³/mol. The first-order valence-corrected chi connectivity index (χ1v) is 6.21. The number of hydrogen-bond donors (Lipinski definition) is 1. The Kier molecular flexibility index (Phi) is 5.59. The van der Waals surface area contributed by atoms with Crippen LogP contribution in [0.25, 0.3) is 0 Å². The number of rotatable bonds is 6. The number of alkyl halides is 3. The van der Waals surface area contributed by atoms with Gasteiger partial charge in [-0.3, -0.25) is 4.98 Å². The van der Waals surface area contributed by atoms with Gasteiger partial charge in [-0.1, -0.05) is 19.9 Å². The fraction of sp³-hybridized carbons (Fsp3) is 0.615. The minimum Gasteiger partial charge on any atom is -0.309 e. The van der Waals surface area contributed by atoms with Gasteiger partial charge in [0.15, 0.2) is 0 Å². The molecule has 0 radical (unpaired) electrons. The van der Waals surface area contributed by atoms with E-state index in [0.29, 0.717) is 6.54 Å². The molecule has 18 heavy (non-hydrogen) atoms. The van der Waals surface area contributed by atoms with E-state index in [4.69, 9.17) is 0 Å². The molecule has 0 aliphatic carbocycles. The lowest BCUT2D eigenvalue weighted by Crippen LogP contribution is -2.25. The zero-order valence-corrected chi connectivity index (χ0v) is 10.7. The van der Waals surface area contributed by atoms with E-state index < -0.39 is 12.6 Å². The molecule has 0 aromatic carbocycles. The average Bonchev–Trinajstić information content (AvgIpc) is 2.33. The summed E-state index contributed by atoms with van der Waals surface area (Å²) in [4.78, 5) is 4.24. The number of pyridine rings is 1. The summed E-state index contributed by atoms with van der Waals surface area (Å²) < 4.78 is 36.9. The van der Waals surface area contributed by atoms with E-state index in [-0.39, 0.29) is 12.5 Å². The topological polar surface area (TPSA) is 24.9 Å². The molecule has 1 atom stereocenters. The summed E-state index contributed by atoms with van der Waals surface area (Å²) in [6.45, 7) is 4.49. The normalized spacial score (nSPS) is 13.6. The van der Waals surface area contributed by atoms with Gasteiger partial charge < -0.3 is 5.32 Å². The van der Waals surface area contributed by atoms with Crippen molar-refractivity contribution in [2.75, 3.05) is 6.54 Å². The lowest BCUT2D eigenvalue weighted by molar-refractivity contribution is -0.136. The summed E-state index contributed by atoms with van der Waals surface area (Å²) >= 11 is 0. The van der Waals surface area contributed by atoms with E-state index in [1.807, 2.05) is 26.0 Å². The maximum absolute atomic E-state index is 12.3. The number of hydrogen-bond acceptors (Lipinski definition) is 2. The first-order chi connectivity index (χ1) is 8.48. The molecule has 0 amide bonds. The minimum atomic E-state index is -4.12. The van der Waals surface area contributed by atoms with Gasteiger partial charge in [-0.2, -0.15) is 13.2 Å². The molecule has 0 aliphatic rings. The third kappa shape index (κ3) is 4.64. The molecule has 1 aromatic heterocycles. The molecule has 5 heteroatoms. The first kappa shape index (κ1) is 15.0. The van der Waals surface area contributed by atoms with Crippen molar-refractivity contribution in [2.24, 2.45) is 0 Å². The second-order valence-electron chi connectivity index (χ2n) is 4.17. The van der Waals surface area contributed by atoms with Crippen molar-refractivity contribution >= 4 is 0 Å². The highest BCUT2D eigenvalue weighted by Crippen LogP contribution is 2.28. The van der Waals surface area contributed by atoms with Gasteiger partial charge in [0.2, 0.25) is 0 Å². The Morgan fingerprint density at radius 1 is 1.33 bits per heavy atom. The molecule has 0 saturated heterocycles. The van der Waals surface area contributed by atoms with Gasteiger partial charge in [0, 0.05) is 12.6 Å². The second-order valence-corrected chi connectivity index (χ2v) is 4.17. The third-order valence-electron chi connectivity index (χ3n) is 2.80. The highest BCUT2D eigenvalue weighted by atomic mass is 19.4. The molecule has 0 saturated carbocycles. The van der Waals surface area contributed by atoms with Crippen LogP contribution in [0.3, 0.4) is 0 Å². The predicted octanol–water partition coefficient (Wildman–Crippen LogP) is 3.64. The van der Waals surface area contributed by atoms with Crippen molar-refractivity contribution in [1.29, 1.82) is 0 Å². The molecule has 2 nitrogen and oxygen atoms in total. The Morgan fingerprint density at radius 3 is 2.61 bits per heavy atom. The SMILES string of the molecule is CCNC(CCC(F)(F)F)c1ncccc1CC. The van der Waals surface area contributed by atoms with Crippen LogP contribution in [0.4, 0.5) is 13.2 Å². The zero-order chi connectivity index (χ0) is 13.6. The summed E-state index contributed by atoms with van der Waals surface area (Å²) in [7, 11) is 0. The first-order valence-electron chi connectivity index (χ1n) is 6.21. The highest BCUT2D eigenvalue weighted by molar-refractivity contribution is 5.22. The Labute approximate surface area is 106 Å². The minimum absolute atomic E-state index is 0.0291. The maximum atomic E-state index is 12.3. The van der Waals surface area contributed by atoms with Crippen LogP contribution < -0.4 is 5.32 Å².